The highest BCUT2D eigenvalue weighted by Gasteiger charge is 2.13. The Kier molecular flexibility index (Phi) is 6.03. The van der Waals surface area contributed by atoms with Gasteiger partial charge in [0.05, 0.1) is 5.69 Å². The summed E-state index contributed by atoms with van der Waals surface area (Å²) in [6.07, 6.45) is 1.94. The lowest BCUT2D eigenvalue weighted by Gasteiger charge is -2.13. The molecule has 5 aromatic carbocycles. The number of benzene rings is 5. The Morgan fingerprint density at radius 2 is 1.21 bits per heavy atom. The van der Waals surface area contributed by atoms with Gasteiger partial charge < -0.3 is 0 Å². The van der Waals surface area contributed by atoms with Crippen molar-refractivity contribution >= 4 is 31.5 Å². The highest BCUT2D eigenvalue weighted by atomic mass is 32.1. The van der Waals surface area contributed by atoms with Gasteiger partial charge in [-0.2, -0.15) is 0 Å². The lowest BCUT2D eigenvalue weighted by molar-refractivity contribution is 0.918. The van der Waals surface area contributed by atoms with Crippen LogP contribution in [0.3, 0.4) is 0 Å². The fourth-order valence-corrected chi connectivity index (χ4v) is 6.64. The maximum Gasteiger partial charge on any atom is 0.0705 e. The molecule has 186 valence electrons. The molecule has 2 heterocycles. The monoisotopic (exact) mass is 517 g/mol. The Bertz CT molecular complexity index is 1920. The van der Waals surface area contributed by atoms with Gasteiger partial charge in [0.25, 0.3) is 0 Å². The van der Waals surface area contributed by atoms with Gasteiger partial charge >= 0.3 is 0 Å². The molecule has 2 aromatic heterocycles. The van der Waals surface area contributed by atoms with Crippen LogP contribution >= 0.6 is 11.3 Å². The summed E-state index contributed by atoms with van der Waals surface area (Å²) in [5.74, 6) is 0.316. The van der Waals surface area contributed by atoms with Crippen LogP contribution in [0.25, 0.3) is 53.7 Å². The zero-order chi connectivity index (χ0) is 26.2. The Morgan fingerprint density at radius 1 is 0.513 bits per heavy atom. The fraction of sp³-hybridized carbons (Fsp3) is 0.0541. The van der Waals surface area contributed by atoms with E-state index in [-0.39, 0.29) is 0 Å². The second kappa shape index (κ2) is 9.98. The molecule has 7 aromatic rings. The summed E-state index contributed by atoms with van der Waals surface area (Å²) in [5, 5.41) is 2.59. The summed E-state index contributed by atoms with van der Waals surface area (Å²) >= 11 is 1.86. The summed E-state index contributed by atoms with van der Waals surface area (Å²) < 4.78 is 2.61. The molecule has 0 aliphatic heterocycles. The van der Waals surface area contributed by atoms with Crippen molar-refractivity contribution in [1.82, 2.24) is 4.98 Å². The van der Waals surface area contributed by atoms with Gasteiger partial charge in [-0.3, -0.25) is 4.98 Å². The van der Waals surface area contributed by atoms with Crippen molar-refractivity contribution in [2.75, 3.05) is 0 Å². The normalized spacial score (nSPS) is 12.1. The van der Waals surface area contributed by atoms with Gasteiger partial charge in [0.2, 0.25) is 0 Å². The predicted molar refractivity (Wildman–Crippen MR) is 167 cm³/mol. The molecule has 1 unspecified atom stereocenters. The highest BCUT2D eigenvalue weighted by Crippen LogP contribution is 2.40. The third kappa shape index (κ3) is 4.43. The largest absolute Gasteiger partial charge is 0.256 e. The molecule has 39 heavy (non-hydrogen) atoms. The first-order valence-corrected chi connectivity index (χ1v) is 14.2. The lowest BCUT2D eigenvalue weighted by Crippen LogP contribution is -1.97. The van der Waals surface area contributed by atoms with Crippen LogP contribution in [0.2, 0.25) is 0 Å². The van der Waals surface area contributed by atoms with E-state index in [4.69, 9.17) is 4.98 Å². The van der Waals surface area contributed by atoms with E-state index in [0.717, 1.165) is 11.3 Å². The van der Waals surface area contributed by atoms with Crippen molar-refractivity contribution in [3.8, 4) is 33.5 Å². The molecular weight excluding hydrogens is 490 g/mol. The van der Waals surface area contributed by atoms with Crippen LogP contribution in [0.1, 0.15) is 24.0 Å². The molecule has 1 atom stereocenters. The van der Waals surface area contributed by atoms with Crippen molar-refractivity contribution in [2.24, 2.45) is 0 Å². The first-order chi connectivity index (χ1) is 19.2. The zero-order valence-corrected chi connectivity index (χ0v) is 22.5. The summed E-state index contributed by atoms with van der Waals surface area (Å²) in [6.45, 7) is 2.26. The number of pyridine rings is 1. The molecule has 7 rings (SSSR count). The Hall–Kier alpha value is -4.53. The molecule has 0 saturated carbocycles. The van der Waals surface area contributed by atoms with E-state index in [0.29, 0.717) is 5.92 Å². The number of hydrogen-bond donors (Lipinski definition) is 0. The van der Waals surface area contributed by atoms with Gasteiger partial charge in [-0.25, -0.2) is 0 Å². The molecule has 0 fully saturated rings. The SMILES string of the molecule is CC(c1ccccc1)c1ccnc(-c2ccc3sc4cc(-c5ccccc5-c5ccccc5)ccc4c3c2)c1. The Balaban J connectivity index is 1.28. The highest BCUT2D eigenvalue weighted by molar-refractivity contribution is 7.25. The zero-order valence-electron chi connectivity index (χ0n) is 21.7. The minimum Gasteiger partial charge on any atom is -0.256 e. The number of nitrogens with zero attached hydrogens (tertiary/aromatic N) is 1. The molecule has 0 aliphatic rings. The molecule has 1 nitrogen and oxygen atoms in total. The second-order valence-corrected chi connectivity index (χ2v) is 11.1. The Morgan fingerprint density at radius 3 is 2.00 bits per heavy atom. The smallest absolute Gasteiger partial charge is 0.0705 e. The summed E-state index contributed by atoms with van der Waals surface area (Å²) in [6, 6.07) is 48.1. The third-order valence-electron chi connectivity index (χ3n) is 7.67. The van der Waals surface area contributed by atoms with Crippen molar-refractivity contribution in [2.45, 2.75) is 12.8 Å². The molecule has 0 amide bonds. The van der Waals surface area contributed by atoms with Crippen LogP contribution in [0, 0.1) is 0 Å². The molecule has 0 saturated heterocycles. The maximum absolute atomic E-state index is 4.75. The van der Waals surface area contributed by atoms with Crippen molar-refractivity contribution < 1.29 is 0 Å². The number of hydrogen-bond acceptors (Lipinski definition) is 2. The second-order valence-electron chi connectivity index (χ2n) is 10.0. The van der Waals surface area contributed by atoms with Gasteiger partial charge in [0, 0.05) is 37.9 Å². The van der Waals surface area contributed by atoms with Crippen LogP contribution in [-0.4, -0.2) is 4.98 Å². The molecule has 2 heteroatoms. The van der Waals surface area contributed by atoms with Gasteiger partial charge in [0.1, 0.15) is 0 Å². The van der Waals surface area contributed by atoms with E-state index in [9.17, 15) is 0 Å². The van der Waals surface area contributed by atoms with E-state index in [1.165, 1.54) is 53.6 Å². The lowest BCUT2D eigenvalue weighted by atomic mass is 9.92. The van der Waals surface area contributed by atoms with Crippen LogP contribution < -0.4 is 0 Å². The quantitative estimate of drug-likeness (QED) is 0.221. The molecule has 0 radical (unpaired) electrons. The third-order valence-corrected chi connectivity index (χ3v) is 8.81. The molecular formula is C37H27NS. The van der Waals surface area contributed by atoms with E-state index in [1.807, 2.05) is 17.5 Å². The minimum absolute atomic E-state index is 0.316. The van der Waals surface area contributed by atoms with Crippen LogP contribution in [0.4, 0.5) is 0 Å². The number of fused-ring (bicyclic) bond motifs is 3. The number of thiophene rings is 1. The van der Waals surface area contributed by atoms with Gasteiger partial charge in [0.15, 0.2) is 0 Å². The van der Waals surface area contributed by atoms with Crippen molar-refractivity contribution in [3.63, 3.8) is 0 Å². The average Bonchev–Trinajstić information content (AvgIpc) is 3.39. The minimum atomic E-state index is 0.316. The summed E-state index contributed by atoms with van der Waals surface area (Å²) in [7, 11) is 0. The molecule has 0 N–H and O–H groups in total. The van der Waals surface area contributed by atoms with Gasteiger partial charge in [-0.05, 0) is 63.7 Å². The van der Waals surface area contributed by atoms with Crippen LogP contribution in [0.15, 0.2) is 140 Å². The van der Waals surface area contributed by atoms with Crippen molar-refractivity contribution in [3.05, 3.63) is 151 Å². The standard InChI is InChI=1S/C37H27NS/c1-25(26-10-4-2-5-11-26)28-20-21-38-35(23-28)30-17-19-36-34(22-30)33-18-16-29(24-37(33)39-36)32-15-9-8-14-31(32)27-12-6-3-7-13-27/h2-25H,1H3. The van der Waals surface area contributed by atoms with E-state index in [2.05, 4.69) is 140 Å². The van der Waals surface area contributed by atoms with E-state index < -0.39 is 0 Å². The van der Waals surface area contributed by atoms with Gasteiger partial charge in [-0.1, -0.05) is 110 Å². The number of rotatable bonds is 5. The average molecular weight is 518 g/mol. The van der Waals surface area contributed by atoms with Crippen molar-refractivity contribution in [1.29, 1.82) is 0 Å². The Labute approximate surface area is 233 Å². The molecule has 0 bridgehead atoms. The van der Waals surface area contributed by atoms with Crippen LogP contribution in [-0.2, 0) is 0 Å². The maximum atomic E-state index is 4.75. The van der Waals surface area contributed by atoms with E-state index in [1.54, 1.807) is 0 Å². The van der Waals surface area contributed by atoms with Crippen LogP contribution in [0.5, 0.6) is 0 Å². The molecule has 0 spiro atoms. The topological polar surface area (TPSA) is 12.9 Å². The summed E-state index contributed by atoms with van der Waals surface area (Å²) in [5.41, 5.74) is 9.78. The molecule has 0 aliphatic carbocycles. The predicted octanol–water partition coefficient (Wildman–Crippen LogP) is 10.6. The first kappa shape index (κ1) is 23.6. The van der Waals surface area contributed by atoms with Gasteiger partial charge in [-0.15, -0.1) is 11.3 Å². The van der Waals surface area contributed by atoms with E-state index >= 15 is 0 Å². The summed E-state index contributed by atoms with van der Waals surface area (Å²) in [4.78, 5) is 4.75. The first-order valence-electron chi connectivity index (χ1n) is 13.4. The fourth-order valence-electron chi connectivity index (χ4n) is 5.52. The number of aromatic nitrogens is 1.